The third kappa shape index (κ3) is 6.81. The van der Waals surface area contributed by atoms with E-state index in [1.165, 1.54) is 31.2 Å². The Balaban J connectivity index is 1.67. The van der Waals surface area contributed by atoms with Crippen LogP contribution in [0.4, 0.5) is 9.93 Å². The molecule has 0 bridgehead atoms. The molecule has 19 heteroatoms. The summed E-state index contributed by atoms with van der Waals surface area (Å²) in [6.07, 6.45) is -1.04. The van der Waals surface area contributed by atoms with E-state index in [1.807, 2.05) is 0 Å². The van der Waals surface area contributed by atoms with Crippen molar-refractivity contribution in [2.75, 3.05) is 31.4 Å². The number of fused-ring (bicyclic) bond motifs is 1. The van der Waals surface area contributed by atoms with Gasteiger partial charge in [0.2, 0.25) is 0 Å². The largest absolute Gasteiger partial charge is 0.480 e. The molecule has 3 heterocycles. The molecule has 1 fully saturated rings. The zero-order valence-corrected chi connectivity index (χ0v) is 21.9. The fourth-order valence-corrected chi connectivity index (χ4v) is 5.30. The van der Waals surface area contributed by atoms with Gasteiger partial charge in [-0.2, -0.15) is 0 Å². The Hall–Kier alpha value is -4.23. The Bertz CT molecular complexity index is 1260. The molecule has 0 unspecified atom stereocenters. The molecule has 1 saturated heterocycles. The first-order valence-corrected chi connectivity index (χ1v) is 12.7. The van der Waals surface area contributed by atoms with E-state index in [0.717, 1.165) is 16.2 Å². The molecule has 0 aromatic carbocycles. The number of aliphatic carboxylic acids is 2. The lowest BCUT2D eigenvalue weighted by atomic mass is 10.0. The summed E-state index contributed by atoms with van der Waals surface area (Å²) in [5.74, 6) is -4.77. The number of amides is 3. The number of aromatic nitrogens is 1. The lowest BCUT2D eigenvalue weighted by molar-refractivity contribution is -0.150. The van der Waals surface area contributed by atoms with Crippen LogP contribution in [0.2, 0.25) is 0 Å². The van der Waals surface area contributed by atoms with Crippen LogP contribution >= 0.6 is 23.1 Å². The van der Waals surface area contributed by atoms with Gasteiger partial charge >= 0.3 is 24.0 Å². The van der Waals surface area contributed by atoms with E-state index in [0.29, 0.717) is 0 Å². The van der Waals surface area contributed by atoms with Crippen molar-refractivity contribution in [1.29, 1.82) is 0 Å². The maximum Gasteiger partial charge on any atom is 0.413 e. The molecule has 0 saturated carbocycles. The van der Waals surface area contributed by atoms with Gasteiger partial charge in [0.05, 0.1) is 0 Å². The second-order valence-electron chi connectivity index (χ2n) is 7.73. The molecule has 0 aliphatic carbocycles. The highest BCUT2D eigenvalue weighted by atomic mass is 32.2. The normalized spacial score (nSPS) is 19.3. The van der Waals surface area contributed by atoms with E-state index in [-0.39, 0.29) is 40.2 Å². The molecule has 2 aliphatic rings. The average Bonchev–Trinajstić information content (AvgIpc) is 3.34. The second-order valence-corrected chi connectivity index (χ2v) is 9.69. The van der Waals surface area contributed by atoms with Crippen LogP contribution in [0.5, 0.6) is 0 Å². The molecule has 0 radical (unpaired) electrons. The van der Waals surface area contributed by atoms with Crippen LogP contribution < -0.4 is 16.4 Å². The van der Waals surface area contributed by atoms with Crippen molar-refractivity contribution >= 4 is 69.8 Å². The van der Waals surface area contributed by atoms with E-state index in [9.17, 15) is 33.9 Å². The summed E-state index contributed by atoms with van der Waals surface area (Å²) in [6, 6.07) is -2.51. The van der Waals surface area contributed by atoms with Crippen molar-refractivity contribution in [2.45, 2.75) is 24.4 Å². The highest BCUT2D eigenvalue weighted by Gasteiger charge is 2.54. The lowest BCUT2D eigenvalue weighted by Crippen LogP contribution is -2.71. The molecule has 210 valence electrons. The molecule has 3 atom stereocenters. The Morgan fingerprint density at radius 2 is 2.00 bits per heavy atom. The predicted molar refractivity (Wildman–Crippen MR) is 133 cm³/mol. The summed E-state index contributed by atoms with van der Waals surface area (Å²) in [7, 11) is 1.17. The number of hydrogen-bond donors (Lipinski definition) is 5. The first kappa shape index (κ1) is 29.3. The molecule has 39 heavy (non-hydrogen) atoms. The van der Waals surface area contributed by atoms with Gasteiger partial charge < -0.3 is 35.6 Å². The number of carboxylic acid groups (broad SMARTS) is 2. The number of β-lactam (4-membered cyclic amide) rings is 1. The van der Waals surface area contributed by atoms with Crippen molar-refractivity contribution in [3.05, 3.63) is 22.3 Å². The molecule has 3 amide bonds. The van der Waals surface area contributed by atoms with Crippen LogP contribution in [0.1, 0.15) is 12.6 Å². The quantitative estimate of drug-likeness (QED) is 0.0880. The minimum Gasteiger partial charge on any atom is -0.480 e. The van der Waals surface area contributed by atoms with Gasteiger partial charge in [-0.05, 0) is 0 Å². The van der Waals surface area contributed by atoms with E-state index in [4.69, 9.17) is 25.2 Å². The number of thiazole rings is 1. The minimum absolute atomic E-state index is 0.0271. The van der Waals surface area contributed by atoms with Crippen LogP contribution in [-0.4, -0.2) is 105 Å². The highest BCUT2D eigenvalue weighted by molar-refractivity contribution is 8.00. The topological polar surface area (TPSA) is 249 Å². The van der Waals surface area contributed by atoms with Crippen molar-refractivity contribution in [2.24, 2.45) is 10.9 Å². The van der Waals surface area contributed by atoms with Crippen molar-refractivity contribution < 1.29 is 53.3 Å². The van der Waals surface area contributed by atoms with Crippen LogP contribution in [0.3, 0.4) is 0 Å². The minimum atomic E-state index is -1.42. The first-order chi connectivity index (χ1) is 18.4. The Morgan fingerprint density at radius 1 is 1.28 bits per heavy atom. The van der Waals surface area contributed by atoms with Crippen molar-refractivity contribution in [1.82, 2.24) is 15.2 Å². The van der Waals surface area contributed by atoms with Gasteiger partial charge in [-0.3, -0.25) is 29.4 Å². The van der Waals surface area contributed by atoms with Gasteiger partial charge in [0.25, 0.3) is 11.8 Å². The number of carbonyl (C=O) groups excluding carboxylic acids is 4. The van der Waals surface area contributed by atoms with Gasteiger partial charge in [0, 0.05) is 23.6 Å². The number of anilines is 1. The van der Waals surface area contributed by atoms with Gasteiger partial charge in [0.1, 0.15) is 49.2 Å². The third-order valence-electron chi connectivity index (χ3n) is 5.05. The number of nitrogens with zero attached hydrogens (tertiary/aromatic N) is 3. The Labute approximate surface area is 227 Å². The van der Waals surface area contributed by atoms with Crippen molar-refractivity contribution in [3.63, 3.8) is 0 Å². The molecular weight excluding hydrogens is 564 g/mol. The molecule has 0 spiro atoms. The number of rotatable bonds is 11. The van der Waals surface area contributed by atoms with Crippen LogP contribution in [0.15, 0.2) is 21.8 Å². The van der Waals surface area contributed by atoms with E-state index in [2.05, 4.69) is 20.8 Å². The number of oxime groups is 1. The maximum atomic E-state index is 13.0. The Kier molecular flexibility index (Phi) is 9.43. The number of ether oxygens (including phenoxy) is 2. The maximum absolute atomic E-state index is 13.0. The third-order valence-corrected chi connectivity index (χ3v) is 7.15. The second kappa shape index (κ2) is 12.5. The highest BCUT2D eigenvalue weighted by Crippen LogP contribution is 2.40. The Morgan fingerprint density at radius 3 is 2.62 bits per heavy atom. The number of nitrogens with one attached hydrogen (secondary N) is 2. The fraction of sp³-hybridized carbons (Fsp3) is 0.400. The zero-order valence-electron chi connectivity index (χ0n) is 20.2. The van der Waals surface area contributed by atoms with E-state index in [1.54, 1.807) is 0 Å². The number of nitrogens with two attached hydrogens (primary N) is 1. The summed E-state index contributed by atoms with van der Waals surface area (Å²) < 4.78 is 9.58. The van der Waals surface area contributed by atoms with Gasteiger partial charge in [-0.1, -0.05) is 5.16 Å². The molecule has 17 nitrogen and oxygen atoms in total. The van der Waals surface area contributed by atoms with Crippen LogP contribution in [-0.2, 0) is 38.3 Å². The van der Waals surface area contributed by atoms with Crippen LogP contribution in [0, 0.1) is 0 Å². The first-order valence-electron chi connectivity index (χ1n) is 10.8. The molecule has 3 rings (SSSR count). The smallest absolute Gasteiger partial charge is 0.413 e. The van der Waals surface area contributed by atoms with E-state index >= 15 is 0 Å². The van der Waals surface area contributed by atoms with Gasteiger partial charge in [-0.15, -0.1) is 23.1 Å². The summed E-state index contributed by atoms with van der Waals surface area (Å²) in [6.45, 7) is 0.292. The SMILES string of the molecule is CO/N=C(/C(=O)N[C@@H]1C(=O)N2C(C(=O)O)=C(COC(C)=O)CS[C@H]12)c1csc(NC(=O)OC[C@@H](N)C(=O)O)n1. The van der Waals surface area contributed by atoms with Crippen molar-refractivity contribution in [3.8, 4) is 0 Å². The van der Waals surface area contributed by atoms with E-state index < -0.39 is 59.9 Å². The summed E-state index contributed by atoms with van der Waals surface area (Å²) in [4.78, 5) is 81.1. The lowest BCUT2D eigenvalue weighted by Gasteiger charge is -2.49. The molecule has 1 aromatic rings. The number of carboxylic acids is 2. The summed E-state index contributed by atoms with van der Waals surface area (Å²) >= 11 is 2.06. The van der Waals surface area contributed by atoms with Gasteiger partial charge in [0.15, 0.2) is 10.8 Å². The zero-order chi connectivity index (χ0) is 28.9. The molecule has 6 N–H and O–H groups in total. The summed E-state index contributed by atoms with van der Waals surface area (Å²) in [5, 5.41) is 27.3. The molecular formula is C20H22N6O11S2. The molecule has 2 aliphatic heterocycles. The monoisotopic (exact) mass is 586 g/mol. The average molecular weight is 587 g/mol. The predicted octanol–water partition coefficient (Wildman–Crippen LogP) is -1.24. The standard InChI is InChI=1S/C20H22N6O11S2/c1-7(27)36-3-8-5-38-16-12(15(29)26(16)13(8)18(32)33)23-14(28)11(25-35-2)10-6-39-19(22-10)24-20(34)37-4-9(21)17(30)31/h6,9,12,16H,3-5,21H2,1-2H3,(H,23,28)(H,30,31)(H,32,33)(H,22,24,34)/b25-11+/t9-,12-,16-/m1/s1. The number of thioether (sulfide) groups is 1. The van der Waals surface area contributed by atoms with Gasteiger partial charge in [-0.25, -0.2) is 14.6 Å². The number of carbonyl (C=O) groups is 6. The molecule has 1 aromatic heterocycles. The van der Waals surface area contributed by atoms with Crippen LogP contribution in [0.25, 0.3) is 0 Å². The number of hydrogen-bond acceptors (Lipinski definition) is 14. The summed E-state index contributed by atoms with van der Waals surface area (Å²) in [5.41, 5.74) is 4.80. The number of esters is 1. The fourth-order valence-electron chi connectivity index (χ4n) is 3.29.